The Hall–Kier alpha value is -3.13. The van der Waals surface area contributed by atoms with Crippen LogP contribution in [0, 0.1) is 0 Å². The number of benzene rings is 3. The molecule has 222 valence electrons. The van der Waals surface area contributed by atoms with E-state index in [9.17, 15) is 0 Å². The average Bonchev–Trinajstić information content (AvgIpc) is 3.39. The summed E-state index contributed by atoms with van der Waals surface area (Å²) in [5.41, 5.74) is 4.70. The fourth-order valence-corrected chi connectivity index (χ4v) is 7.01. The molecule has 1 saturated carbocycles. The van der Waals surface area contributed by atoms with Gasteiger partial charge in [-0.25, -0.2) is 0 Å². The molecule has 0 spiro atoms. The zero-order valence-corrected chi connectivity index (χ0v) is 26.7. The lowest BCUT2D eigenvalue weighted by Crippen LogP contribution is -2.39. The van der Waals surface area contributed by atoms with Gasteiger partial charge in [0.15, 0.2) is 27.8 Å². The molecule has 1 fully saturated rings. The molecule has 5 rings (SSSR count). The van der Waals surface area contributed by atoms with Gasteiger partial charge in [0, 0.05) is 29.6 Å². The highest BCUT2D eigenvalue weighted by Crippen LogP contribution is 2.50. The SMILES string of the molecule is COc1ccc(CCN=c2scc(C3(c4ccc(Cl)c(Cl)c4)CCC3)n2CCc2ccc(OC)c(OC)c2)cc1OC. The van der Waals surface area contributed by atoms with Gasteiger partial charge in [-0.05, 0) is 78.8 Å². The minimum atomic E-state index is -0.112. The molecule has 0 unspecified atom stereocenters. The molecule has 0 radical (unpaired) electrons. The maximum atomic E-state index is 6.50. The number of methoxy groups -OCH3 is 4. The molecule has 42 heavy (non-hydrogen) atoms. The summed E-state index contributed by atoms with van der Waals surface area (Å²) in [7, 11) is 6.63. The van der Waals surface area contributed by atoms with Gasteiger partial charge in [-0.3, -0.25) is 4.99 Å². The molecule has 1 aliphatic carbocycles. The van der Waals surface area contributed by atoms with Crippen LogP contribution in [0.5, 0.6) is 23.0 Å². The normalized spacial score (nSPS) is 14.4. The summed E-state index contributed by atoms with van der Waals surface area (Å²) < 4.78 is 24.3. The molecule has 0 aliphatic heterocycles. The molecule has 0 saturated heterocycles. The lowest BCUT2D eigenvalue weighted by Gasteiger charge is -2.43. The van der Waals surface area contributed by atoms with E-state index >= 15 is 0 Å². The van der Waals surface area contributed by atoms with Crippen molar-refractivity contribution in [3.05, 3.63) is 97.2 Å². The second-order valence-electron chi connectivity index (χ2n) is 10.4. The van der Waals surface area contributed by atoms with Crippen molar-refractivity contribution in [3.8, 4) is 23.0 Å². The monoisotopic (exact) mass is 626 g/mol. The van der Waals surface area contributed by atoms with Crippen LogP contribution < -0.4 is 23.7 Å². The Morgan fingerprint density at radius 3 is 1.93 bits per heavy atom. The maximum Gasteiger partial charge on any atom is 0.184 e. The highest BCUT2D eigenvalue weighted by atomic mass is 35.5. The maximum absolute atomic E-state index is 6.50. The van der Waals surface area contributed by atoms with Gasteiger partial charge in [0.1, 0.15) is 0 Å². The third-order valence-electron chi connectivity index (χ3n) is 8.13. The van der Waals surface area contributed by atoms with Crippen molar-refractivity contribution >= 4 is 34.5 Å². The third-order valence-corrected chi connectivity index (χ3v) is 9.78. The van der Waals surface area contributed by atoms with E-state index in [4.69, 9.17) is 47.1 Å². The smallest absolute Gasteiger partial charge is 0.184 e. The minimum Gasteiger partial charge on any atom is -0.493 e. The van der Waals surface area contributed by atoms with Gasteiger partial charge < -0.3 is 23.5 Å². The molecule has 1 aromatic heterocycles. The zero-order chi connectivity index (χ0) is 29.7. The fraction of sp³-hybridized carbons (Fsp3) is 0.364. The Balaban J connectivity index is 1.48. The third kappa shape index (κ3) is 6.14. The zero-order valence-electron chi connectivity index (χ0n) is 24.4. The predicted octanol–water partition coefficient (Wildman–Crippen LogP) is 7.75. The summed E-state index contributed by atoms with van der Waals surface area (Å²) in [6.45, 7) is 1.44. The average molecular weight is 628 g/mol. The van der Waals surface area contributed by atoms with Crippen molar-refractivity contribution in [1.29, 1.82) is 0 Å². The molecule has 0 bridgehead atoms. The summed E-state index contributed by atoms with van der Waals surface area (Å²) in [6, 6.07) is 18.2. The minimum absolute atomic E-state index is 0.112. The van der Waals surface area contributed by atoms with Gasteiger partial charge in [0.25, 0.3) is 0 Å². The number of thiazole rings is 1. The van der Waals surface area contributed by atoms with Gasteiger partial charge in [-0.15, -0.1) is 11.3 Å². The Kier molecular flexibility index (Phi) is 9.71. The van der Waals surface area contributed by atoms with Crippen molar-refractivity contribution < 1.29 is 18.9 Å². The Morgan fingerprint density at radius 2 is 1.38 bits per heavy atom. The highest BCUT2D eigenvalue weighted by Gasteiger charge is 2.43. The van der Waals surface area contributed by atoms with E-state index in [2.05, 4.69) is 34.2 Å². The van der Waals surface area contributed by atoms with Crippen LogP contribution in [0.3, 0.4) is 0 Å². The number of ether oxygens (including phenoxy) is 4. The van der Waals surface area contributed by atoms with E-state index in [0.717, 1.165) is 72.0 Å². The number of hydrogen-bond acceptors (Lipinski definition) is 6. The van der Waals surface area contributed by atoms with Crippen LogP contribution in [-0.4, -0.2) is 39.6 Å². The van der Waals surface area contributed by atoms with Crippen LogP contribution in [-0.2, 0) is 24.8 Å². The molecule has 1 heterocycles. The van der Waals surface area contributed by atoms with E-state index in [0.29, 0.717) is 16.6 Å². The molecule has 0 atom stereocenters. The van der Waals surface area contributed by atoms with E-state index in [1.54, 1.807) is 39.8 Å². The van der Waals surface area contributed by atoms with Crippen LogP contribution in [0.1, 0.15) is 41.6 Å². The Bertz CT molecular complexity index is 1610. The van der Waals surface area contributed by atoms with Crippen LogP contribution in [0.15, 0.2) is 65.0 Å². The van der Waals surface area contributed by atoms with E-state index in [1.165, 1.54) is 16.8 Å². The molecule has 3 aromatic carbocycles. The Morgan fingerprint density at radius 1 is 0.762 bits per heavy atom. The second-order valence-corrected chi connectivity index (χ2v) is 12.0. The van der Waals surface area contributed by atoms with Gasteiger partial charge in [-0.1, -0.05) is 47.8 Å². The fourth-order valence-electron chi connectivity index (χ4n) is 5.66. The first-order chi connectivity index (χ1) is 20.4. The van der Waals surface area contributed by atoms with Crippen molar-refractivity contribution in [2.45, 2.75) is 44.1 Å². The molecule has 0 amide bonds. The predicted molar refractivity (Wildman–Crippen MR) is 170 cm³/mol. The van der Waals surface area contributed by atoms with E-state index < -0.39 is 0 Å². The summed E-state index contributed by atoms with van der Waals surface area (Å²) in [4.78, 5) is 6.12. The number of aryl methyl sites for hydroxylation is 1. The molecule has 6 nitrogen and oxygen atoms in total. The van der Waals surface area contributed by atoms with Crippen molar-refractivity contribution in [1.82, 2.24) is 4.57 Å². The lowest BCUT2D eigenvalue weighted by molar-refractivity contribution is 0.282. The first kappa shape index (κ1) is 30.3. The van der Waals surface area contributed by atoms with Crippen LogP contribution in [0.2, 0.25) is 10.0 Å². The molecule has 9 heteroatoms. The van der Waals surface area contributed by atoms with E-state index in [1.807, 2.05) is 30.3 Å². The largest absolute Gasteiger partial charge is 0.493 e. The molecule has 0 N–H and O–H groups in total. The number of hydrogen-bond donors (Lipinski definition) is 0. The quantitative estimate of drug-likeness (QED) is 0.161. The van der Waals surface area contributed by atoms with Crippen molar-refractivity contribution in [2.75, 3.05) is 35.0 Å². The van der Waals surface area contributed by atoms with Crippen LogP contribution in [0.4, 0.5) is 0 Å². The number of nitrogens with zero attached hydrogens (tertiary/aromatic N) is 2. The lowest BCUT2D eigenvalue weighted by atomic mass is 9.62. The molecular formula is C33H36Cl2N2O4S. The van der Waals surface area contributed by atoms with E-state index in [-0.39, 0.29) is 5.41 Å². The molecular weight excluding hydrogens is 591 g/mol. The number of aromatic nitrogens is 1. The summed E-state index contributed by atoms with van der Waals surface area (Å²) >= 11 is 14.5. The highest BCUT2D eigenvalue weighted by molar-refractivity contribution is 7.07. The molecule has 1 aliphatic rings. The van der Waals surface area contributed by atoms with Crippen LogP contribution >= 0.6 is 34.5 Å². The summed E-state index contributed by atoms with van der Waals surface area (Å²) in [5.74, 6) is 2.91. The number of rotatable bonds is 12. The van der Waals surface area contributed by atoms with Gasteiger partial charge >= 0.3 is 0 Å². The Labute approximate surface area is 261 Å². The van der Waals surface area contributed by atoms with Crippen LogP contribution in [0.25, 0.3) is 0 Å². The van der Waals surface area contributed by atoms with Gasteiger partial charge in [0.2, 0.25) is 0 Å². The summed E-state index contributed by atoms with van der Waals surface area (Å²) in [5, 5.41) is 3.45. The summed E-state index contributed by atoms with van der Waals surface area (Å²) in [6.07, 6.45) is 4.90. The number of halogens is 2. The first-order valence-corrected chi connectivity index (χ1v) is 15.6. The van der Waals surface area contributed by atoms with Crippen molar-refractivity contribution in [2.24, 2.45) is 4.99 Å². The first-order valence-electron chi connectivity index (χ1n) is 14.0. The topological polar surface area (TPSA) is 54.2 Å². The van der Waals surface area contributed by atoms with Gasteiger partial charge in [-0.2, -0.15) is 0 Å². The molecule has 4 aromatic rings. The van der Waals surface area contributed by atoms with Crippen molar-refractivity contribution in [3.63, 3.8) is 0 Å². The second kappa shape index (κ2) is 13.4. The standard InChI is InChI=1S/C33H36Cl2N2O4S/c1-38-27-10-6-22(18-29(27)40-3)12-16-36-32-37(17-13-23-7-11-28(39-2)30(19-23)41-4)31(21-42-32)33(14-5-15-33)24-8-9-25(34)26(35)20-24/h6-11,18-21H,5,12-17H2,1-4H3. The van der Waals surface area contributed by atoms with Gasteiger partial charge in [0.05, 0.1) is 38.5 Å².